The Kier molecular flexibility index (Phi) is 3.84. The van der Waals surface area contributed by atoms with Gasteiger partial charge in [0.2, 0.25) is 0 Å². The van der Waals surface area contributed by atoms with Crippen molar-refractivity contribution in [3.8, 4) is 5.75 Å². The first-order valence-electron chi connectivity index (χ1n) is 6.25. The number of aliphatic carboxylic acids is 1. The first-order valence-corrected chi connectivity index (χ1v) is 6.25. The van der Waals surface area contributed by atoms with Crippen LogP contribution in [0.3, 0.4) is 0 Å². The molecule has 1 fully saturated rings. The van der Waals surface area contributed by atoms with Crippen molar-refractivity contribution in [2.24, 2.45) is 5.41 Å². The predicted octanol–water partition coefficient (Wildman–Crippen LogP) is 3.24. The molecule has 2 rings (SSSR count). The lowest BCUT2D eigenvalue weighted by Crippen LogP contribution is -2.39. The molecule has 1 saturated carbocycles. The molecule has 1 aromatic rings. The van der Waals surface area contributed by atoms with Gasteiger partial charge in [-0.1, -0.05) is 31.4 Å². The van der Waals surface area contributed by atoms with Gasteiger partial charge < -0.3 is 9.84 Å². The molecule has 0 spiro atoms. The third kappa shape index (κ3) is 2.63. The maximum atomic E-state index is 13.4. The van der Waals surface area contributed by atoms with Gasteiger partial charge in [-0.2, -0.15) is 0 Å². The van der Waals surface area contributed by atoms with Gasteiger partial charge in [-0.05, 0) is 25.0 Å². The molecule has 0 radical (unpaired) electrons. The van der Waals surface area contributed by atoms with E-state index in [9.17, 15) is 14.3 Å². The molecule has 0 atom stereocenters. The zero-order valence-electron chi connectivity index (χ0n) is 10.2. The van der Waals surface area contributed by atoms with Gasteiger partial charge in [0.05, 0.1) is 0 Å². The van der Waals surface area contributed by atoms with Crippen LogP contribution in [-0.2, 0) is 4.79 Å². The molecule has 0 unspecified atom stereocenters. The maximum absolute atomic E-state index is 13.4. The maximum Gasteiger partial charge on any atom is 0.313 e. The van der Waals surface area contributed by atoms with Crippen LogP contribution >= 0.6 is 0 Å². The predicted molar refractivity (Wildman–Crippen MR) is 65.0 cm³/mol. The Morgan fingerprint density at radius 2 is 1.94 bits per heavy atom. The highest BCUT2D eigenvalue weighted by molar-refractivity contribution is 5.75. The average Bonchev–Trinajstić information content (AvgIpc) is 2.39. The van der Waals surface area contributed by atoms with Crippen molar-refractivity contribution >= 4 is 5.97 Å². The lowest BCUT2D eigenvalue weighted by Gasteiger charge is -2.32. The zero-order valence-corrected chi connectivity index (χ0v) is 10.2. The summed E-state index contributed by atoms with van der Waals surface area (Å²) >= 11 is 0. The fourth-order valence-electron chi connectivity index (χ4n) is 2.43. The average molecular weight is 252 g/mol. The van der Waals surface area contributed by atoms with E-state index in [1.165, 1.54) is 12.1 Å². The number of hydrogen-bond acceptors (Lipinski definition) is 2. The normalized spacial score (nSPS) is 18.3. The number of rotatable bonds is 4. The Morgan fingerprint density at radius 1 is 1.28 bits per heavy atom. The third-order valence-corrected chi connectivity index (χ3v) is 3.60. The number of ether oxygens (including phenoxy) is 1. The highest BCUT2D eigenvalue weighted by Gasteiger charge is 2.40. The molecule has 0 amide bonds. The van der Waals surface area contributed by atoms with Crippen LogP contribution in [0.2, 0.25) is 0 Å². The van der Waals surface area contributed by atoms with Crippen LogP contribution in [0.5, 0.6) is 5.75 Å². The molecule has 0 bridgehead atoms. The smallest absolute Gasteiger partial charge is 0.313 e. The van der Waals surface area contributed by atoms with Gasteiger partial charge in [0.1, 0.15) is 12.0 Å². The lowest BCUT2D eigenvalue weighted by atomic mass is 9.75. The summed E-state index contributed by atoms with van der Waals surface area (Å²) in [5.41, 5.74) is -0.847. The van der Waals surface area contributed by atoms with Crippen molar-refractivity contribution in [3.63, 3.8) is 0 Å². The summed E-state index contributed by atoms with van der Waals surface area (Å²) in [6.45, 7) is 0.0449. The Bertz CT molecular complexity index is 425. The molecule has 18 heavy (non-hydrogen) atoms. The molecule has 1 N–H and O–H groups in total. The van der Waals surface area contributed by atoms with Gasteiger partial charge in [0, 0.05) is 0 Å². The van der Waals surface area contributed by atoms with E-state index in [1.54, 1.807) is 12.1 Å². The molecule has 0 aliphatic heterocycles. The van der Waals surface area contributed by atoms with E-state index in [-0.39, 0.29) is 12.4 Å². The Morgan fingerprint density at radius 3 is 2.56 bits per heavy atom. The number of carboxylic acids is 1. The first kappa shape index (κ1) is 12.9. The Hall–Kier alpha value is -1.58. The number of carbonyl (C=O) groups is 1. The van der Waals surface area contributed by atoms with Crippen LogP contribution in [0.1, 0.15) is 32.1 Å². The molecule has 3 nitrogen and oxygen atoms in total. The van der Waals surface area contributed by atoms with Crippen LogP contribution in [0, 0.1) is 11.2 Å². The monoisotopic (exact) mass is 252 g/mol. The summed E-state index contributed by atoms with van der Waals surface area (Å²) in [6.07, 6.45) is 4.07. The second-order valence-electron chi connectivity index (χ2n) is 4.87. The van der Waals surface area contributed by atoms with E-state index >= 15 is 0 Å². The van der Waals surface area contributed by atoms with Crippen molar-refractivity contribution in [1.29, 1.82) is 0 Å². The van der Waals surface area contributed by atoms with E-state index in [2.05, 4.69) is 0 Å². The second-order valence-corrected chi connectivity index (χ2v) is 4.87. The van der Waals surface area contributed by atoms with Gasteiger partial charge in [-0.25, -0.2) is 4.39 Å². The molecule has 4 heteroatoms. The van der Waals surface area contributed by atoms with Gasteiger partial charge in [-0.15, -0.1) is 0 Å². The molecular formula is C14H17FO3. The first-order chi connectivity index (χ1) is 8.64. The van der Waals surface area contributed by atoms with Gasteiger partial charge in [-0.3, -0.25) is 4.79 Å². The number of hydrogen-bond donors (Lipinski definition) is 1. The molecule has 98 valence electrons. The van der Waals surface area contributed by atoms with Crippen LogP contribution in [0.4, 0.5) is 4.39 Å². The highest BCUT2D eigenvalue weighted by Crippen LogP contribution is 2.37. The lowest BCUT2D eigenvalue weighted by molar-refractivity contribution is -0.153. The van der Waals surface area contributed by atoms with Crippen LogP contribution in [0.25, 0.3) is 0 Å². The van der Waals surface area contributed by atoms with Crippen molar-refractivity contribution in [3.05, 3.63) is 30.1 Å². The second kappa shape index (κ2) is 5.38. The minimum atomic E-state index is -0.847. The quantitative estimate of drug-likeness (QED) is 0.894. The molecule has 0 saturated heterocycles. The SMILES string of the molecule is O=C(O)C1(COc2ccccc2F)CCCCC1. The van der Waals surface area contributed by atoms with E-state index in [1.807, 2.05) is 0 Å². The number of carboxylic acid groups (broad SMARTS) is 1. The topological polar surface area (TPSA) is 46.5 Å². The summed E-state index contributed by atoms with van der Waals surface area (Å²) < 4.78 is 18.8. The van der Waals surface area contributed by atoms with E-state index in [0.29, 0.717) is 12.8 Å². The summed E-state index contributed by atoms with van der Waals surface area (Å²) in [5.74, 6) is -1.16. The fourth-order valence-corrected chi connectivity index (χ4v) is 2.43. The molecule has 0 aromatic heterocycles. The van der Waals surface area contributed by atoms with E-state index < -0.39 is 17.2 Å². The minimum absolute atomic E-state index is 0.0449. The van der Waals surface area contributed by atoms with Crippen molar-refractivity contribution < 1.29 is 19.0 Å². The molecule has 0 heterocycles. The van der Waals surface area contributed by atoms with Gasteiger partial charge >= 0.3 is 5.97 Å². The zero-order chi connectivity index (χ0) is 13.0. The number of benzene rings is 1. The largest absolute Gasteiger partial charge is 0.489 e. The minimum Gasteiger partial charge on any atom is -0.489 e. The summed E-state index contributed by atoms with van der Waals surface area (Å²) in [5, 5.41) is 9.36. The van der Waals surface area contributed by atoms with Crippen LogP contribution in [-0.4, -0.2) is 17.7 Å². The Labute approximate surface area is 106 Å². The third-order valence-electron chi connectivity index (χ3n) is 3.60. The van der Waals surface area contributed by atoms with E-state index in [0.717, 1.165) is 19.3 Å². The summed E-state index contributed by atoms with van der Waals surface area (Å²) in [6, 6.07) is 6.08. The van der Waals surface area contributed by atoms with Gasteiger partial charge in [0.25, 0.3) is 0 Å². The molecular weight excluding hydrogens is 235 g/mol. The Balaban J connectivity index is 2.06. The fraction of sp³-hybridized carbons (Fsp3) is 0.500. The summed E-state index contributed by atoms with van der Waals surface area (Å²) in [7, 11) is 0. The summed E-state index contributed by atoms with van der Waals surface area (Å²) in [4.78, 5) is 11.4. The molecule has 1 aliphatic carbocycles. The van der Waals surface area contributed by atoms with Crippen LogP contribution < -0.4 is 4.74 Å². The van der Waals surface area contributed by atoms with Crippen molar-refractivity contribution in [2.45, 2.75) is 32.1 Å². The standard InChI is InChI=1S/C14H17FO3/c15-11-6-2-3-7-12(11)18-10-14(13(16)17)8-4-1-5-9-14/h2-3,6-7H,1,4-5,8-10H2,(H,16,17). The molecule has 1 aliphatic rings. The number of halogens is 1. The van der Waals surface area contributed by atoms with E-state index in [4.69, 9.17) is 4.74 Å². The van der Waals surface area contributed by atoms with Crippen molar-refractivity contribution in [2.75, 3.05) is 6.61 Å². The number of para-hydroxylation sites is 1. The highest BCUT2D eigenvalue weighted by atomic mass is 19.1. The van der Waals surface area contributed by atoms with Gasteiger partial charge in [0.15, 0.2) is 11.6 Å². The van der Waals surface area contributed by atoms with Crippen molar-refractivity contribution in [1.82, 2.24) is 0 Å². The van der Waals surface area contributed by atoms with Crippen LogP contribution in [0.15, 0.2) is 24.3 Å². The molecule has 1 aromatic carbocycles.